The van der Waals surface area contributed by atoms with Gasteiger partial charge in [-0.05, 0) is 38.1 Å². The van der Waals surface area contributed by atoms with Gasteiger partial charge in [-0.3, -0.25) is 9.59 Å². The molecule has 4 atom stereocenters. The van der Waals surface area contributed by atoms with Crippen LogP contribution in [0.2, 0.25) is 0 Å². The van der Waals surface area contributed by atoms with Crippen molar-refractivity contribution in [1.29, 1.82) is 0 Å². The molecule has 1 aromatic rings. The zero-order valence-electron chi connectivity index (χ0n) is 16.8. The molecule has 1 aromatic carbocycles. The van der Waals surface area contributed by atoms with Crippen LogP contribution in [0.3, 0.4) is 0 Å². The van der Waals surface area contributed by atoms with Gasteiger partial charge < -0.3 is 28.6 Å². The fraction of sp³-hybridized carbons (Fsp3) is 0.600. The number of ketones is 1. The largest absolute Gasteiger partial charge is 0.497 e. The number of amides is 1. The maximum absolute atomic E-state index is 12.8. The van der Waals surface area contributed by atoms with Crippen LogP contribution in [0.25, 0.3) is 0 Å². The third kappa shape index (κ3) is 3.53. The molecule has 0 bridgehead atoms. The number of benzene rings is 1. The Morgan fingerprint density at radius 3 is 2.04 bits per heavy atom. The normalized spacial score (nSPS) is 28.9. The van der Waals surface area contributed by atoms with Crippen LogP contribution in [-0.2, 0) is 28.5 Å². The number of rotatable bonds is 8. The second-order valence-electron chi connectivity index (χ2n) is 7.18. The van der Waals surface area contributed by atoms with Gasteiger partial charge in [0.05, 0.1) is 20.3 Å². The smallest absolute Gasteiger partial charge is 0.240 e. The highest BCUT2D eigenvalue weighted by Crippen LogP contribution is 2.45. The first-order valence-corrected chi connectivity index (χ1v) is 9.17. The van der Waals surface area contributed by atoms with Crippen LogP contribution < -0.4 is 9.64 Å². The topological polar surface area (TPSA) is 83.5 Å². The van der Waals surface area contributed by atoms with E-state index in [0.29, 0.717) is 24.7 Å². The standard InChI is InChI=1S/C20H27NO7/c1-12(22)17-18(20(2)27-15(10-24-3)16(28-20)11-25-4)21(19(17)23)13-6-8-14(26-5)9-7-13/h6-9,15-18H,10-11H2,1-5H3/t15-,16-,17?,18?/m0/s1. The summed E-state index contributed by atoms with van der Waals surface area (Å²) in [7, 11) is 4.74. The second-order valence-corrected chi connectivity index (χ2v) is 7.18. The Balaban J connectivity index is 1.92. The molecular weight excluding hydrogens is 366 g/mol. The van der Waals surface area contributed by atoms with E-state index in [0.717, 1.165) is 0 Å². The minimum absolute atomic E-state index is 0.216. The van der Waals surface area contributed by atoms with Gasteiger partial charge in [0, 0.05) is 19.9 Å². The lowest BCUT2D eigenvalue weighted by Gasteiger charge is -2.51. The van der Waals surface area contributed by atoms with Crippen molar-refractivity contribution in [2.24, 2.45) is 5.92 Å². The number of hydrogen-bond acceptors (Lipinski definition) is 7. The number of carbonyl (C=O) groups is 2. The Bertz CT molecular complexity index is 706. The molecule has 0 aliphatic carbocycles. The predicted molar refractivity (Wildman–Crippen MR) is 100 cm³/mol. The monoisotopic (exact) mass is 393 g/mol. The molecule has 3 rings (SSSR count). The minimum Gasteiger partial charge on any atom is -0.497 e. The third-order valence-corrected chi connectivity index (χ3v) is 5.27. The molecule has 154 valence electrons. The lowest BCUT2D eigenvalue weighted by atomic mass is 9.79. The van der Waals surface area contributed by atoms with Gasteiger partial charge in [0.25, 0.3) is 0 Å². The van der Waals surface area contributed by atoms with Gasteiger partial charge in [0.15, 0.2) is 5.79 Å². The summed E-state index contributed by atoms with van der Waals surface area (Å²) in [6, 6.07) is 6.49. The second kappa shape index (κ2) is 8.16. The van der Waals surface area contributed by atoms with Crippen LogP contribution in [0.4, 0.5) is 5.69 Å². The lowest BCUT2D eigenvalue weighted by molar-refractivity contribution is -0.204. The van der Waals surface area contributed by atoms with Crippen molar-refractivity contribution in [2.45, 2.75) is 37.9 Å². The number of methoxy groups -OCH3 is 3. The molecule has 2 fully saturated rings. The van der Waals surface area contributed by atoms with Gasteiger partial charge in [-0.1, -0.05) is 0 Å². The van der Waals surface area contributed by atoms with Gasteiger partial charge in [0.2, 0.25) is 5.91 Å². The number of carbonyl (C=O) groups excluding carboxylic acids is 2. The van der Waals surface area contributed by atoms with E-state index in [4.69, 9.17) is 23.7 Å². The molecule has 0 radical (unpaired) electrons. The van der Waals surface area contributed by atoms with Crippen LogP contribution in [0.5, 0.6) is 5.75 Å². The third-order valence-electron chi connectivity index (χ3n) is 5.27. The zero-order valence-corrected chi connectivity index (χ0v) is 16.8. The first kappa shape index (κ1) is 20.7. The van der Waals surface area contributed by atoms with Gasteiger partial charge in [0.1, 0.15) is 35.7 Å². The van der Waals surface area contributed by atoms with E-state index >= 15 is 0 Å². The van der Waals surface area contributed by atoms with Crippen LogP contribution >= 0.6 is 0 Å². The van der Waals surface area contributed by atoms with Crippen molar-refractivity contribution >= 4 is 17.4 Å². The Morgan fingerprint density at radius 1 is 1.07 bits per heavy atom. The van der Waals surface area contributed by atoms with Crippen molar-refractivity contribution < 1.29 is 33.3 Å². The van der Waals surface area contributed by atoms with Crippen molar-refractivity contribution in [1.82, 2.24) is 0 Å². The number of anilines is 1. The summed E-state index contributed by atoms with van der Waals surface area (Å²) < 4.78 is 28.0. The lowest BCUT2D eigenvalue weighted by Crippen LogP contribution is -2.72. The molecule has 2 heterocycles. The summed E-state index contributed by atoms with van der Waals surface area (Å²) >= 11 is 0. The minimum atomic E-state index is -1.17. The van der Waals surface area contributed by atoms with Gasteiger partial charge in [-0.25, -0.2) is 0 Å². The molecule has 0 spiro atoms. The van der Waals surface area contributed by atoms with E-state index in [9.17, 15) is 9.59 Å². The number of hydrogen-bond donors (Lipinski definition) is 0. The van der Waals surface area contributed by atoms with Crippen molar-refractivity contribution in [3.05, 3.63) is 24.3 Å². The molecular formula is C20H27NO7. The quantitative estimate of drug-likeness (QED) is 0.488. The van der Waals surface area contributed by atoms with Crippen LogP contribution in [0.15, 0.2) is 24.3 Å². The maximum atomic E-state index is 12.8. The highest BCUT2D eigenvalue weighted by Gasteiger charge is 2.63. The average Bonchev–Trinajstić information content (AvgIpc) is 2.96. The summed E-state index contributed by atoms with van der Waals surface area (Å²) in [5.74, 6) is -1.80. The van der Waals surface area contributed by atoms with Crippen LogP contribution in [0, 0.1) is 5.92 Å². The zero-order chi connectivity index (χ0) is 20.5. The molecule has 8 heteroatoms. The summed E-state index contributed by atoms with van der Waals surface area (Å²) in [5, 5.41) is 0. The van der Waals surface area contributed by atoms with Crippen molar-refractivity contribution in [3.8, 4) is 5.75 Å². The highest BCUT2D eigenvalue weighted by atomic mass is 16.8. The van der Waals surface area contributed by atoms with Gasteiger partial charge in [-0.2, -0.15) is 0 Å². The SMILES string of the molecule is COC[C@@H]1OC(C)(C2C(C(C)=O)C(=O)N2c2ccc(OC)cc2)O[C@H]1COC. The first-order valence-electron chi connectivity index (χ1n) is 9.17. The molecule has 8 nitrogen and oxygen atoms in total. The Labute approximate surface area is 164 Å². The van der Waals surface area contributed by atoms with Crippen molar-refractivity contribution in [3.63, 3.8) is 0 Å². The summed E-state index contributed by atoms with van der Waals surface area (Å²) in [6.45, 7) is 3.81. The van der Waals surface area contributed by atoms with E-state index in [1.165, 1.54) is 6.92 Å². The predicted octanol–water partition coefficient (Wildman–Crippen LogP) is 1.41. The average molecular weight is 393 g/mol. The van der Waals surface area contributed by atoms with Crippen molar-refractivity contribution in [2.75, 3.05) is 39.4 Å². The Morgan fingerprint density at radius 2 is 1.61 bits per heavy atom. The maximum Gasteiger partial charge on any atom is 0.240 e. The Hall–Kier alpha value is -2.00. The molecule has 2 aliphatic heterocycles. The van der Waals surface area contributed by atoms with Gasteiger partial charge in [-0.15, -0.1) is 0 Å². The number of Topliss-reactive ketones (excluding diaryl/α,β-unsaturated/α-hetero) is 1. The molecule has 2 aliphatic rings. The molecule has 28 heavy (non-hydrogen) atoms. The van der Waals surface area contributed by atoms with E-state index < -0.39 is 17.7 Å². The van der Waals surface area contributed by atoms with E-state index in [1.54, 1.807) is 57.4 Å². The van der Waals surface area contributed by atoms with E-state index in [2.05, 4.69) is 0 Å². The summed E-state index contributed by atoms with van der Waals surface area (Å²) in [4.78, 5) is 26.6. The fourth-order valence-corrected chi connectivity index (χ4v) is 3.98. The van der Waals surface area contributed by atoms with E-state index in [1.807, 2.05) is 0 Å². The summed E-state index contributed by atoms with van der Waals surface area (Å²) in [6.07, 6.45) is -0.730. The molecule has 0 saturated carbocycles. The number of nitrogens with zero attached hydrogens (tertiary/aromatic N) is 1. The molecule has 2 saturated heterocycles. The number of ether oxygens (including phenoxy) is 5. The van der Waals surface area contributed by atoms with E-state index in [-0.39, 0.29) is 23.9 Å². The highest BCUT2D eigenvalue weighted by molar-refractivity contribution is 6.15. The van der Waals surface area contributed by atoms with Crippen LogP contribution in [0.1, 0.15) is 13.8 Å². The van der Waals surface area contributed by atoms with Crippen LogP contribution in [-0.4, -0.2) is 70.3 Å². The number of β-lactam (4-membered cyclic amide) rings is 1. The molecule has 0 N–H and O–H groups in total. The molecule has 2 unspecified atom stereocenters. The fourth-order valence-electron chi connectivity index (χ4n) is 3.98. The first-order chi connectivity index (χ1) is 13.4. The molecule has 0 aromatic heterocycles. The van der Waals surface area contributed by atoms with Gasteiger partial charge >= 0.3 is 0 Å². The Kier molecular flexibility index (Phi) is 6.04. The molecule has 1 amide bonds. The summed E-state index contributed by atoms with van der Waals surface area (Å²) in [5.41, 5.74) is 0.653.